The first kappa shape index (κ1) is 16.8. The maximum absolute atomic E-state index is 6.75. The first-order valence-corrected chi connectivity index (χ1v) is 9.36. The molecule has 5 heteroatoms. The van der Waals surface area contributed by atoms with E-state index in [1.807, 2.05) is 60.7 Å². The molecule has 0 bridgehead atoms. The molecular formula is C21H25N5. The van der Waals surface area contributed by atoms with Gasteiger partial charge >= 0.3 is 0 Å². The Kier molecular flexibility index (Phi) is 4.71. The molecular weight excluding hydrogens is 322 g/mol. The maximum atomic E-state index is 6.75. The molecule has 0 amide bonds. The van der Waals surface area contributed by atoms with E-state index in [0.717, 1.165) is 29.9 Å². The number of hydrogen-bond acceptors (Lipinski definition) is 5. The third-order valence-electron chi connectivity index (χ3n) is 5.11. The van der Waals surface area contributed by atoms with E-state index >= 15 is 0 Å². The van der Waals surface area contributed by atoms with Crippen molar-refractivity contribution in [1.82, 2.24) is 5.32 Å². The van der Waals surface area contributed by atoms with Gasteiger partial charge in [0.15, 0.2) is 0 Å². The number of nitrogens with one attached hydrogen (secondary N) is 2. The fourth-order valence-electron chi connectivity index (χ4n) is 3.71. The molecule has 2 aromatic rings. The van der Waals surface area contributed by atoms with Crippen molar-refractivity contribution in [2.24, 2.45) is 21.6 Å². The monoisotopic (exact) mass is 347 g/mol. The third kappa shape index (κ3) is 3.63. The fraction of sp³-hybridized carbons (Fsp3) is 0.333. The van der Waals surface area contributed by atoms with Crippen LogP contribution in [-0.4, -0.2) is 17.6 Å². The minimum atomic E-state index is -0.923. The number of nitrogens with two attached hydrogens (primary N) is 1. The lowest BCUT2D eigenvalue weighted by Gasteiger charge is -2.37. The average Bonchev–Trinajstić information content (AvgIpc) is 2.70. The molecule has 1 aliphatic heterocycles. The molecule has 1 heterocycles. The van der Waals surface area contributed by atoms with E-state index in [1.54, 1.807) is 0 Å². The largest absolute Gasteiger partial charge is 0.326 e. The van der Waals surface area contributed by atoms with Crippen LogP contribution in [0.5, 0.6) is 0 Å². The van der Waals surface area contributed by atoms with Crippen molar-refractivity contribution in [3.63, 3.8) is 0 Å². The van der Waals surface area contributed by atoms with Crippen molar-refractivity contribution in [3.8, 4) is 0 Å². The third-order valence-corrected chi connectivity index (χ3v) is 5.11. The van der Waals surface area contributed by atoms with E-state index in [2.05, 4.69) is 10.6 Å². The number of amidine groups is 1. The van der Waals surface area contributed by atoms with Crippen molar-refractivity contribution in [3.05, 3.63) is 66.2 Å². The van der Waals surface area contributed by atoms with Gasteiger partial charge in [-0.15, -0.1) is 0 Å². The van der Waals surface area contributed by atoms with Crippen LogP contribution in [0.4, 0.5) is 5.69 Å². The van der Waals surface area contributed by atoms with Gasteiger partial charge in [0.1, 0.15) is 5.84 Å². The van der Waals surface area contributed by atoms with Crippen molar-refractivity contribution >= 4 is 17.5 Å². The van der Waals surface area contributed by atoms with Crippen molar-refractivity contribution in [2.45, 2.75) is 37.9 Å². The summed E-state index contributed by atoms with van der Waals surface area (Å²) in [5.74, 6) is 0.767. The van der Waals surface area contributed by atoms with Crippen LogP contribution in [0.1, 0.15) is 37.7 Å². The molecule has 0 aromatic heterocycles. The van der Waals surface area contributed by atoms with Crippen molar-refractivity contribution in [2.75, 3.05) is 5.32 Å². The summed E-state index contributed by atoms with van der Waals surface area (Å²) in [5, 5.41) is 6.67. The maximum Gasteiger partial charge on any atom is 0.210 e. The molecule has 4 rings (SSSR count). The average molecular weight is 347 g/mol. The summed E-state index contributed by atoms with van der Waals surface area (Å²) in [6, 6.07) is 20.1. The number of anilines is 1. The summed E-state index contributed by atoms with van der Waals surface area (Å²) in [5.41, 5.74) is 8.74. The zero-order valence-electron chi connectivity index (χ0n) is 14.9. The van der Waals surface area contributed by atoms with Crippen LogP contribution in [0.3, 0.4) is 0 Å². The highest BCUT2D eigenvalue weighted by molar-refractivity contribution is 6.13. The molecule has 1 unspecified atom stereocenters. The Bertz CT molecular complexity index is 794. The Morgan fingerprint density at radius 3 is 2.23 bits per heavy atom. The summed E-state index contributed by atoms with van der Waals surface area (Å²) in [6.07, 6.45) is 5.82. The molecule has 2 aromatic carbocycles. The normalized spacial score (nSPS) is 23.6. The number of aliphatic imine (C=N–C) groups is 2. The second-order valence-corrected chi connectivity index (χ2v) is 7.02. The number of guanidine groups is 1. The molecule has 1 atom stereocenters. The van der Waals surface area contributed by atoms with E-state index in [-0.39, 0.29) is 5.92 Å². The van der Waals surface area contributed by atoms with Crippen molar-refractivity contribution < 1.29 is 0 Å². The molecule has 134 valence electrons. The Labute approximate surface area is 154 Å². The Hall–Kier alpha value is -2.66. The topological polar surface area (TPSA) is 74.8 Å². The molecule has 1 aliphatic carbocycles. The van der Waals surface area contributed by atoms with E-state index < -0.39 is 5.79 Å². The Morgan fingerprint density at radius 2 is 1.54 bits per heavy atom. The lowest BCUT2D eigenvalue weighted by Crippen LogP contribution is -2.53. The number of para-hydroxylation sites is 1. The predicted octanol–water partition coefficient (Wildman–Crippen LogP) is 3.70. The zero-order chi connectivity index (χ0) is 17.8. The second kappa shape index (κ2) is 7.30. The van der Waals surface area contributed by atoms with Crippen LogP contribution in [-0.2, 0) is 0 Å². The van der Waals surface area contributed by atoms with Gasteiger partial charge < -0.3 is 10.6 Å². The van der Waals surface area contributed by atoms with Crippen LogP contribution in [0.25, 0.3) is 0 Å². The van der Waals surface area contributed by atoms with Crippen LogP contribution in [0, 0.1) is 5.92 Å². The van der Waals surface area contributed by atoms with Crippen LogP contribution < -0.4 is 16.4 Å². The van der Waals surface area contributed by atoms with Crippen LogP contribution in [0.2, 0.25) is 0 Å². The van der Waals surface area contributed by atoms with Gasteiger partial charge in [0, 0.05) is 17.2 Å². The summed E-state index contributed by atoms with van der Waals surface area (Å²) < 4.78 is 0. The molecule has 1 fully saturated rings. The highest BCUT2D eigenvalue weighted by Gasteiger charge is 2.38. The zero-order valence-corrected chi connectivity index (χ0v) is 14.9. The smallest absolute Gasteiger partial charge is 0.210 e. The highest BCUT2D eigenvalue weighted by Crippen LogP contribution is 2.34. The first-order valence-electron chi connectivity index (χ1n) is 9.36. The van der Waals surface area contributed by atoms with E-state index in [4.69, 9.17) is 15.7 Å². The lowest BCUT2D eigenvalue weighted by molar-refractivity contribution is 0.219. The Balaban J connectivity index is 1.68. The SMILES string of the molecule is NC1(C2CCCCC2)N=C(Nc2ccccc2)NC(c2ccccc2)=N1. The highest BCUT2D eigenvalue weighted by atomic mass is 15.4. The van der Waals surface area contributed by atoms with Crippen LogP contribution in [0.15, 0.2) is 70.6 Å². The minimum Gasteiger partial charge on any atom is -0.326 e. The first-order chi connectivity index (χ1) is 12.7. The lowest BCUT2D eigenvalue weighted by atomic mass is 9.84. The van der Waals surface area contributed by atoms with E-state index in [0.29, 0.717) is 5.96 Å². The van der Waals surface area contributed by atoms with Gasteiger partial charge in [-0.25, -0.2) is 9.98 Å². The standard InChI is InChI=1S/C21H25N5/c22-21(17-12-6-2-7-13-17)25-19(16-10-4-1-5-11-16)24-20(26-21)23-18-14-8-3-9-15-18/h1,3-5,8-11,14-15,17H,2,6-7,12-13,22H2,(H2,23,24,25,26). The molecule has 1 saturated carbocycles. The minimum absolute atomic E-state index is 0.268. The predicted molar refractivity (Wildman–Crippen MR) is 107 cm³/mol. The number of rotatable bonds is 3. The summed E-state index contributed by atoms with van der Waals surface area (Å²) in [4.78, 5) is 9.65. The van der Waals surface area contributed by atoms with Gasteiger partial charge in [-0.2, -0.15) is 0 Å². The van der Waals surface area contributed by atoms with Gasteiger partial charge in [0.2, 0.25) is 11.7 Å². The number of nitrogens with zero attached hydrogens (tertiary/aromatic N) is 2. The number of benzene rings is 2. The van der Waals surface area contributed by atoms with Gasteiger partial charge in [0.25, 0.3) is 0 Å². The van der Waals surface area contributed by atoms with E-state index in [1.165, 1.54) is 19.3 Å². The van der Waals surface area contributed by atoms with Gasteiger partial charge in [-0.05, 0) is 25.0 Å². The number of hydrogen-bond donors (Lipinski definition) is 3. The van der Waals surface area contributed by atoms with E-state index in [9.17, 15) is 0 Å². The summed E-state index contributed by atoms with van der Waals surface area (Å²) in [6.45, 7) is 0. The molecule has 0 radical (unpaired) electrons. The van der Waals surface area contributed by atoms with Crippen LogP contribution >= 0.6 is 0 Å². The fourth-order valence-corrected chi connectivity index (χ4v) is 3.71. The molecule has 0 spiro atoms. The molecule has 0 saturated heterocycles. The summed E-state index contributed by atoms with van der Waals surface area (Å²) >= 11 is 0. The molecule has 5 nitrogen and oxygen atoms in total. The quantitative estimate of drug-likeness (QED) is 0.792. The second-order valence-electron chi connectivity index (χ2n) is 7.02. The van der Waals surface area contributed by atoms with Gasteiger partial charge in [-0.3, -0.25) is 5.73 Å². The Morgan fingerprint density at radius 1 is 0.885 bits per heavy atom. The van der Waals surface area contributed by atoms with Crippen molar-refractivity contribution in [1.29, 1.82) is 0 Å². The molecule has 26 heavy (non-hydrogen) atoms. The van der Waals surface area contributed by atoms with Gasteiger partial charge in [-0.1, -0.05) is 67.8 Å². The molecule has 2 aliphatic rings. The summed E-state index contributed by atoms with van der Waals surface area (Å²) in [7, 11) is 0. The molecule has 4 N–H and O–H groups in total. The van der Waals surface area contributed by atoms with Gasteiger partial charge in [0.05, 0.1) is 0 Å².